The highest BCUT2D eigenvalue weighted by atomic mass is 32.1. The summed E-state index contributed by atoms with van der Waals surface area (Å²) in [6.07, 6.45) is 4.08. The third kappa shape index (κ3) is 3.04. The van der Waals surface area contributed by atoms with E-state index in [2.05, 4.69) is 18.8 Å². The fraction of sp³-hybridized carbons (Fsp3) is 0.364. The Balaban J connectivity index is 2.60. The summed E-state index contributed by atoms with van der Waals surface area (Å²) in [6.45, 7) is 2.14. The number of unbranched alkanes of at least 4 members (excludes halogenated alkanes) is 2. The van der Waals surface area contributed by atoms with Gasteiger partial charge in [-0.2, -0.15) is 0 Å². The molecule has 1 nitrogen and oxygen atoms in total. The van der Waals surface area contributed by atoms with Crippen LogP contribution >= 0.6 is 11.3 Å². The highest BCUT2D eigenvalue weighted by Gasteiger charge is 1.97. The Kier molecular flexibility index (Phi) is 4.28. The van der Waals surface area contributed by atoms with Gasteiger partial charge in [0.1, 0.15) is 0 Å². The van der Waals surface area contributed by atoms with Crippen LogP contribution in [-0.4, -0.2) is 6.29 Å². The Morgan fingerprint density at radius 1 is 1.62 bits per heavy atom. The molecule has 0 bridgehead atoms. The van der Waals surface area contributed by atoms with Crippen molar-refractivity contribution in [1.29, 1.82) is 0 Å². The lowest BCUT2D eigenvalue weighted by molar-refractivity contribution is 0.112. The van der Waals surface area contributed by atoms with Gasteiger partial charge in [0.15, 0.2) is 6.29 Å². The van der Waals surface area contributed by atoms with E-state index in [9.17, 15) is 4.79 Å². The van der Waals surface area contributed by atoms with E-state index in [1.807, 2.05) is 11.4 Å². The van der Waals surface area contributed by atoms with Crippen molar-refractivity contribution in [1.82, 2.24) is 0 Å². The lowest BCUT2D eigenvalue weighted by atomic mass is 10.2. The molecule has 0 N–H and O–H groups in total. The molecule has 0 aliphatic rings. The average Bonchev–Trinajstić information content (AvgIpc) is 2.60. The summed E-state index contributed by atoms with van der Waals surface area (Å²) in [4.78, 5) is 11.4. The summed E-state index contributed by atoms with van der Waals surface area (Å²) < 4.78 is 0. The molecule has 0 atom stereocenters. The van der Waals surface area contributed by atoms with E-state index in [1.54, 1.807) is 0 Å². The summed E-state index contributed by atoms with van der Waals surface area (Å²) in [7, 11) is 0. The molecule has 0 amide bonds. The molecular formula is C11H12OS. The van der Waals surface area contributed by atoms with Crippen molar-refractivity contribution >= 4 is 17.6 Å². The number of thiophene rings is 1. The van der Waals surface area contributed by atoms with Crippen LogP contribution in [0.1, 0.15) is 41.4 Å². The van der Waals surface area contributed by atoms with Gasteiger partial charge in [0.25, 0.3) is 0 Å². The van der Waals surface area contributed by atoms with Crippen molar-refractivity contribution in [3.63, 3.8) is 0 Å². The molecule has 1 rings (SSSR count). The maximum Gasteiger partial charge on any atom is 0.152 e. The zero-order valence-corrected chi connectivity index (χ0v) is 8.49. The summed E-state index contributed by atoms with van der Waals surface area (Å²) in [5.41, 5.74) is 0.717. The molecule has 1 heterocycles. The molecule has 0 spiro atoms. The van der Waals surface area contributed by atoms with Gasteiger partial charge >= 0.3 is 0 Å². The second-order valence-electron chi connectivity index (χ2n) is 2.73. The highest BCUT2D eigenvalue weighted by molar-refractivity contribution is 7.10. The highest BCUT2D eigenvalue weighted by Crippen LogP contribution is 2.12. The van der Waals surface area contributed by atoms with Gasteiger partial charge in [0.05, 0.1) is 4.88 Å². The Morgan fingerprint density at radius 3 is 3.15 bits per heavy atom. The average molecular weight is 192 g/mol. The maximum atomic E-state index is 10.5. The maximum absolute atomic E-state index is 10.5. The quantitative estimate of drug-likeness (QED) is 0.408. The molecule has 0 unspecified atom stereocenters. The van der Waals surface area contributed by atoms with E-state index in [4.69, 9.17) is 0 Å². The smallest absolute Gasteiger partial charge is 0.152 e. The van der Waals surface area contributed by atoms with Gasteiger partial charge in [0.2, 0.25) is 0 Å². The van der Waals surface area contributed by atoms with Crippen LogP contribution in [0.4, 0.5) is 0 Å². The molecule has 0 aliphatic carbocycles. The first-order chi connectivity index (χ1) is 6.38. The first-order valence-electron chi connectivity index (χ1n) is 4.40. The summed E-state index contributed by atoms with van der Waals surface area (Å²) in [5.74, 6) is 6.08. The molecule has 0 aromatic carbocycles. The number of carbonyl (C=O) groups excluding carboxylic acids is 1. The van der Waals surface area contributed by atoms with Crippen LogP contribution in [-0.2, 0) is 0 Å². The Labute approximate surface area is 82.8 Å². The van der Waals surface area contributed by atoms with E-state index < -0.39 is 0 Å². The summed E-state index contributed by atoms with van der Waals surface area (Å²) in [6, 6.07) is 1.81. The van der Waals surface area contributed by atoms with Crippen molar-refractivity contribution in [2.24, 2.45) is 0 Å². The van der Waals surface area contributed by atoms with Crippen molar-refractivity contribution in [3.8, 4) is 11.8 Å². The molecular weight excluding hydrogens is 180 g/mol. The van der Waals surface area contributed by atoms with Crippen LogP contribution in [0, 0.1) is 11.8 Å². The topological polar surface area (TPSA) is 17.1 Å². The molecule has 0 radical (unpaired) electrons. The molecule has 1 aromatic rings. The predicted octanol–water partition coefficient (Wildman–Crippen LogP) is 3.10. The lowest BCUT2D eigenvalue weighted by Crippen LogP contribution is -1.77. The van der Waals surface area contributed by atoms with Gasteiger partial charge in [-0.3, -0.25) is 4.79 Å². The number of aldehydes is 1. The number of hydrogen-bond donors (Lipinski definition) is 0. The molecule has 0 aliphatic heterocycles. The zero-order chi connectivity index (χ0) is 9.52. The van der Waals surface area contributed by atoms with Gasteiger partial charge in [-0.25, -0.2) is 0 Å². The van der Waals surface area contributed by atoms with Crippen molar-refractivity contribution in [3.05, 3.63) is 21.9 Å². The summed E-state index contributed by atoms with van der Waals surface area (Å²) in [5, 5.41) is 1.90. The van der Waals surface area contributed by atoms with Gasteiger partial charge in [0, 0.05) is 12.0 Å². The van der Waals surface area contributed by atoms with Crippen LogP contribution in [0.3, 0.4) is 0 Å². The van der Waals surface area contributed by atoms with E-state index >= 15 is 0 Å². The zero-order valence-electron chi connectivity index (χ0n) is 7.67. The third-order valence-electron chi connectivity index (χ3n) is 1.68. The first kappa shape index (κ1) is 10.0. The Morgan fingerprint density at radius 2 is 2.46 bits per heavy atom. The Hall–Kier alpha value is -1.07. The molecule has 0 saturated carbocycles. The SMILES string of the molecule is CCCCC#Cc1sccc1C=O. The lowest BCUT2D eigenvalue weighted by Gasteiger charge is -1.85. The second kappa shape index (κ2) is 5.55. The van der Waals surface area contributed by atoms with Crippen molar-refractivity contribution < 1.29 is 4.79 Å². The minimum Gasteiger partial charge on any atom is -0.298 e. The van der Waals surface area contributed by atoms with Crippen LogP contribution in [0.5, 0.6) is 0 Å². The van der Waals surface area contributed by atoms with Gasteiger partial charge in [-0.1, -0.05) is 25.2 Å². The van der Waals surface area contributed by atoms with E-state index in [0.717, 1.165) is 24.0 Å². The Bertz CT molecular complexity index is 327. The van der Waals surface area contributed by atoms with E-state index in [1.165, 1.54) is 17.8 Å². The predicted molar refractivity (Wildman–Crippen MR) is 56.1 cm³/mol. The fourth-order valence-corrected chi connectivity index (χ4v) is 1.66. The minimum atomic E-state index is 0.717. The molecule has 13 heavy (non-hydrogen) atoms. The number of carbonyl (C=O) groups is 1. The monoisotopic (exact) mass is 192 g/mol. The second-order valence-corrected chi connectivity index (χ2v) is 3.64. The van der Waals surface area contributed by atoms with Crippen molar-refractivity contribution in [2.75, 3.05) is 0 Å². The van der Waals surface area contributed by atoms with Crippen LogP contribution in [0.2, 0.25) is 0 Å². The minimum absolute atomic E-state index is 0.717. The van der Waals surface area contributed by atoms with Crippen LogP contribution in [0.15, 0.2) is 11.4 Å². The number of rotatable bonds is 3. The summed E-state index contributed by atoms with van der Waals surface area (Å²) >= 11 is 1.53. The molecule has 2 heteroatoms. The first-order valence-corrected chi connectivity index (χ1v) is 5.28. The number of hydrogen-bond acceptors (Lipinski definition) is 2. The third-order valence-corrected chi connectivity index (χ3v) is 2.53. The van der Waals surface area contributed by atoms with Crippen LogP contribution in [0.25, 0.3) is 0 Å². The standard InChI is InChI=1S/C11H12OS/c1-2-3-4-5-6-11-10(9-12)7-8-13-11/h7-9H,2-4H2,1H3. The molecule has 0 saturated heterocycles. The molecule has 68 valence electrons. The van der Waals surface area contributed by atoms with E-state index in [-0.39, 0.29) is 0 Å². The van der Waals surface area contributed by atoms with E-state index in [0.29, 0.717) is 5.56 Å². The normalized spacial score (nSPS) is 9.00. The van der Waals surface area contributed by atoms with Gasteiger partial charge in [-0.05, 0) is 17.9 Å². The molecule has 0 fully saturated rings. The largest absolute Gasteiger partial charge is 0.298 e. The van der Waals surface area contributed by atoms with Gasteiger partial charge in [-0.15, -0.1) is 11.3 Å². The molecule has 1 aromatic heterocycles. The van der Waals surface area contributed by atoms with Crippen LogP contribution < -0.4 is 0 Å². The fourth-order valence-electron chi connectivity index (χ4n) is 0.921. The van der Waals surface area contributed by atoms with Gasteiger partial charge < -0.3 is 0 Å². The van der Waals surface area contributed by atoms with Crippen molar-refractivity contribution in [2.45, 2.75) is 26.2 Å².